The lowest BCUT2D eigenvalue weighted by atomic mass is 10.1. The quantitative estimate of drug-likeness (QED) is 0.545. The van der Waals surface area contributed by atoms with E-state index in [-0.39, 0.29) is 42.5 Å². The van der Waals surface area contributed by atoms with Gasteiger partial charge in [0.25, 0.3) is 5.69 Å². The lowest BCUT2D eigenvalue weighted by Gasteiger charge is -2.34. The number of nitro groups is 1. The van der Waals surface area contributed by atoms with Crippen molar-refractivity contribution in [2.45, 2.75) is 32.5 Å². The van der Waals surface area contributed by atoms with Gasteiger partial charge in [-0.15, -0.1) is 0 Å². The number of ether oxygens (including phenoxy) is 1. The number of hydrogen-bond acceptors (Lipinski definition) is 6. The number of rotatable bonds is 7. The number of carbonyl (C=O) groups excluding carboxylic acids is 1. The molecule has 9 nitrogen and oxygen atoms in total. The summed E-state index contributed by atoms with van der Waals surface area (Å²) in [4.78, 5) is 22.0. The fourth-order valence-corrected chi connectivity index (χ4v) is 4.28. The van der Waals surface area contributed by atoms with E-state index in [1.807, 2.05) is 13.8 Å². The molecular formula is C16H23N3O6S. The molecule has 26 heavy (non-hydrogen) atoms. The van der Waals surface area contributed by atoms with Gasteiger partial charge in [0.1, 0.15) is 0 Å². The molecule has 10 heteroatoms. The highest BCUT2D eigenvalue weighted by Crippen LogP contribution is 2.15. The Labute approximate surface area is 152 Å². The van der Waals surface area contributed by atoms with Gasteiger partial charge in [0.05, 0.1) is 29.3 Å². The summed E-state index contributed by atoms with van der Waals surface area (Å²) < 4.78 is 31.7. The summed E-state index contributed by atoms with van der Waals surface area (Å²) in [6.07, 6.45) is -0.292. The third kappa shape index (κ3) is 5.75. The molecule has 144 valence electrons. The lowest BCUT2D eigenvalue weighted by Crippen LogP contribution is -2.49. The van der Waals surface area contributed by atoms with Crippen LogP contribution >= 0.6 is 0 Å². The van der Waals surface area contributed by atoms with E-state index in [0.717, 1.165) is 0 Å². The van der Waals surface area contributed by atoms with Crippen molar-refractivity contribution in [2.24, 2.45) is 0 Å². The molecule has 1 aromatic rings. The Morgan fingerprint density at radius 1 is 1.27 bits per heavy atom. The van der Waals surface area contributed by atoms with E-state index in [0.29, 0.717) is 18.7 Å². The predicted molar refractivity (Wildman–Crippen MR) is 95.2 cm³/mol. The van der Waals surface area contributed by atoms with E-state index < -0.39 is 14.9 Å². The molecule has 0 bridgehead atoms. The Morgan fingerprint density at radius 3 is 2.38 bits per heavy atom. The van der Waals surface area contributed by atoms with Crippen molar-refractivity contribution in [2.75, 3.05) is 25.4 Å². The molecule has 0 unspecified atom stereocenters. The fraction of sp³-hybridized carbons (Fsp3) is 0.562. The number of carbonyl (C=O) groups is 1. The monoisotopic (exact) mass is 385 g/mol. The van der Waals surface area contributed by atoms with Crippen LogP contribution in [0.25, 0.3) is 0 Å². The smallest absolute Gasteiger partial charge is 0.269 e. The molecule has 0 spiro atoms. The van der Waals surface area contributed by atoms with Gasteiger partial charge >= 0.3 is 0 Å². The molecule has 1 fully saturated rings. The third-order valence-corrected chi connectivity index (χ3v) is 5.78. The van der Waals surface area contributed by atoms with E-state index >= 15 is 0 Å². The average molecular weight is 385 g/mol. The summed E-state index contributed by atoms with van der Waals surface area (Å²) in [6, 6.07) is 5.66. The van der Waals surface area contributed by atoms with Gasteiger partial charge in [-0.05, 0) is 19.4 Å². The molecule has 1 amide bonds. The first-order valence-corrected chi connectivity index (χ1v) is 9.91. The standard InChI is InChI=1S/C16H23N3O6S/c1-12-10-18(11-13(2)25-12)26(23,24)8-7-17-16(20)9-14-3-5-15(6-4-14)19(21)22/h3-6,12-13H,7-11H2,1-2H3,(H,17,20)/t12-,13-/m0/s1. The number of nitro benzene ring substituents is 1. The minimum atomic E-state index is -3.47. The molecule has 1 aliphatic heterocycles. The zero-order valence-electron chi connectivity index (χ0n) is 14.8. The van der Waals surface area contributed by atoms with Crippen molar-refractivity contribution in [3.63, 3.8) is 0 Å². The highest BCUT2D eigenvalue weighted by atomic mass is 32.2. The second-order valence-corrected chi connectivity index (χ2v) is 8.43. The van der Waals surface area contributed by atoms with Crippen LogP contribution in [0.1, 0.15) is 19.4 Å². The Morgan fingerprint density at radius 2 is 1.85 bits per heavy atom. The number of hydrogen-bond donors (Lipinski definition) is 1. The van der Waals surface area contributed by atoms with Crippen LogP contribution in [0.15, 0.2) is 24.3 Å². The topological polar surface area (TPSA) is 119 Å². The van der Waals surface area contributed by atoms with Crippen molar-refractivity contribution in [3.8, 4) is 0 Å². The highest BCUT2D eigenvalue weighted by Gasteiger charge is 2.30. The van der Waals surface area contributed by atoms with Crippen molar-refractivity contribution in [3.05, 3.63) is 39.9 Å². The maximum atomic E-state index is 12.4. The number of sulfonamides is 1. The highest BCUT2D eigenvalue weighted by molar-refractivity contribution is 7.89. The lowest BCUT2D eigenvalue weighted by molar-refractivity contribution is -0.384. The normalized spacial score (nSPS) is 21.3. The average Bonchev–Trinajstić information content (AvgIpc) is 2.54. The maximum Gasteiger partial charge on any atom is 0.269 e. The van der Waals surface area contributed by atoms with Crippen LogP contribution < -0.4 is 5.32 Å². The van der Waals surface area contributed by atoms with Gasteiger partial charge in [0, 0.05) is 31.8 Å². The van der Waals surface area contributed by atoms with Crippen molar-refractivity contribution < 1.29 is 22.9 Å². The van der Waals surface area contributed by atoms with Gasteiger partial charge in [-0.2, -0.15) is 4.31 Å². The van der Waals surface area contributed by atoms with Crippen molar-refractivity contribution in [1.29, 1.82) is 0 Å². The molecule has 1 N–H and O–H groups in total. The van der Waals surface area contributed by atoms with Crippen LogP contribution in [0.5, 0.6) is 0 Å². The first kappa shape index (κ1) is 20.3. The van der Waals surface area contributed by atoms with Gasteiger partial charge in [-0.3, -0.25) is 14.9 Å². The molecule has 1 aliphatic rings. The van der Waals surface area contributed by atoms with E-state index in [4.69, 9.17) is 4.74 Å². The molecule has 1 aromatic carbocycles. The molecule has 0 radical (unpaired) electrons. The van der Waals surface area contributed by atoms with Crippen molar-refractivity contribution in [1.82, 2.24) is 9.62 Å². The Bertz CT molecular complexity index is 740. The predicted octanol–water partition coefficient (Wildman–Crippen LogP) is 0.693. The third-order valence-electron chi connectivity index (χ3n) is 3.97. The minimum Gasteiger partial charge on any atom is -0.373 e. The second-order valence-electron chi connectivity index (χ2n) is 6.34. The first-order valence-electron chi connectivity index (χ1n) is 8.30. The molecule has 2 rings (SSSR count). The van der Waals surface area contributed by atoms with E-state index in [2.05, 4.69) is 5.32 Å². The molecule has 1 heterocycles. The molecule has 0 aliphatic carbocycles. The molecular weight excluding hydrogens is 362 g/mol. The van der Waals surface area contributed by atoms with Crippen LogP contribution in [0.4, 0.5) is 5.69 Å². The fourth-order valence-electron chi connectivity index (χ4n) is 2.79. The van der Waals surface area contributed by atoms with E-state index in [1.54, 1.807) is 0 Å². The molecule has 2 atom stereocenters. The Kier molecular flexibility index (Phi) is 6.68. The van der Waals surface area contributed by atoms with Gasteiger partial charge in [0.15, 0.2) is 0 Å². The van der Waals surface area contributed by atoms with Gasteiger partial charge in [-0.25, -0.2) is 8.42 Å². The van der Waals surface area contributed by atoms with Gasteiger partial charge in [0.2, 0.25) is 15.9 Å². The van der Waals surface area contributed by atoms with E-state index in [1.165, 1.54) is 28.6 Å². The molecule has 0 saturated carbocycles. The number of non-ortho nitro benzene ring substituents is 1. The largest absolute Gasteiger partial charge is 0.373 e. The van der Waals surface area contributed by atoms with Crippen molar-refractivity contribution >= 4 is 21.6 Å². The van der Waals surface area contributed by atoms with Crippen LogP contribution in [-0.2, 0) is 26.0 Å². The SMILES string of the molecule is C[C@H]1CN(S(=O)(=O)CCNC(=O)Cc2ccc([N+](=O)[O-])cc2)C[C@H](C)O1. The zero-order chi connectivity index (χ0) is 19.3. The molecule has 1 saturated heterocycles. The first-order chi connectivity index (χ1) is 12.2. The van der Waals surface area contributed by atoms with Crippen LogP contribution in [0.2, 0.25) is 0 Å². The number of morpholine rings is 1. The summed E-state index contributed by atoms with van der Waals surface area (Å²) in [5.41, 5.74) is 0.570. The molecule has 0 aromatic heterocycles. The Hall–Kier alpha value is -2.04. The minimum absolute atomic E-state index is 0.00820. The number of benzene rings is 1. The summed E-state index contributed by atoms with van der Waals surface area (Å²) >= 11 is 0. The summed E-state index contributed by atoms with van der Waals surface area (Å²) in [7, 11) is -3.47. The number of amides is 1. The summed E-state index contributed by atoms with van der Waals surface area (Å²) in [5, 5.41) is 13.2. The second kappa shape index (κ2) is 8.56. The van der Waals surface area contributed by atoms with Crippen LogP contribution in [0, 0.1) is 10.1 Å². The summed E-state index contributed by atoms with van der Waals surface area (Å²) in [6.45, 7) is 4.27. The van der Waals surface area contributed by atoms with Gasteiger partial charge < -0.3 is 10.1 Å². The zero-order valence-corrected chi connectivity index (χ0v) is 15.6. The Balaban J connectivity index is 1.81. The number of nitrogens with one attached hydrogen (secondary N) is 1. The maximum absolute atomic E-state index is 12.4. The van der Waals surface area contributed by atoms with Crippen LogP contribution in [0.3, 0.4) is 0 Å². The van der Waals surface area contributed by atoms with E-state index in [9.17, 15) is 23.3 Å². The summed E-state index contributed by atoms with van der Waals surface area (Å²) in [5.74, 6) is -0.518. The number of nitrogens with zero attached hydrogens (tertiary/aromatic N) is 2. The van der Waals surface area contributed by atoms with Crippen LogP contribution in [-0.4, -0.2) is 61.1 Å². The van der Waals surface area contributed by atoms with Gasteiger partial charge in [-0.1, -0.05) is 12.1 Å².